The average molecular weight is 202 g/mol. The maximum Gasteiger partial charge on any atom is 0.0431 e. The average Bonchev–Trinajstić information content (AvgIpc) is 2.18. The molecule has 0 aliphatic rings. The second-order valence-corrected chi connectivity index (χ2v) is 3.15. The molecule has 0 fully saturated rings. The van der Waals surface area contributed by atoms with Crippen LogP contribution in [0.25, 0.3) is 0 Å². The highest BCUT2D eigenvalue weighted by molar-refractivity contribution is 4.80. The van der Waals surface area contributed by atoms with Crippen molar-refractivity contribution in [1.29, 1.82) is 0 Å². The van der Waals surface area contributed by atoms with Crippen molar-refractivity contribution in [2.45, 2.75) is 52.4 Å². The predicted octanol–water partition coefficient (Wildman–Crippen LogP) is 2.89. The van der Waals surface area contributed by atoms with Crippen LogP contribution in [0.2, 0.25) is 0 Å². The SMILES string of the molecule is CCCC/C=C/CCCCO.CCO. The van der Waals surface area contributed by atoms with Crippen molar-refractivity contribution in [1.82, 2.24) is 0 Å². The van der Waals surface area contributed by atoms with Gasteiger partial charge in [0.2, 0.25) is 0 Å². The maximum absolute atomic E-state index is 8.48. The predicted molar refractivity (Wildman–Crippen MR) is 62.4 cm³/mol. The third kappa shape index (κ3) is 22.6. The summed E-state index contributed by atoms with van der Waals surface area (Å²) >= 11 is 0. The van der Waals surface area contributed by atoms with Gasteiger partial charge in [-0.15, -0.1) is 0 Å². The monoisotopic (exact) mass is 202 g/mol. The second-order valence-electron chi connectivity index (χ2n) is 3.15. The van der Waals surface area contributed by atoms with Crippen LogP contribution in [0, 0.1) is 0 Å². The Kier molecular flexibility index (Phi) is 21.2. The lowest BCUT2D eigenvalue weighted by Crippen LogP contribution is -1.80. The molecular weight excluding hydrogens is 176 g/mol. The van der Waals surface area contributed by atoms with Gasteiger partial charge in [-0.1, -0.05) is 31.9 Å². The molecule has 0 saturated heterocycles. The van der Waals surface area contributed by atoms with Crippen LogP contribution in [0.4, 0.5) is 0 Å². The Morgan fingerprint density at radius 1 is 0.857 bits per heavy atom. The van der Waals surface area contributed by atoms with E-state index in [2.05, 4.69) is 19.1 Å². The zero-order valence-electron chi connectivity index (χ0n) is 9.71. The van der Waals surface area contributed by atoms with Gasteiger partial charge in [0.25, 0.3) is 0 Å². The van der Waals surface area contributed by atoms with Crippen molar-refractivity contribution in [3.05, 3.63) is 12.2 Å². The molecule has 0 aromatic carbocycles. The van der Waals surface area contributed by atoms with Gasteiger partial charge >= 0.3 is 0 Å². The molecule has 0 aromatic heterocycles. The van der Waals surface area contributed by atoms with Gasteiger partial charge in [-0.05, 0) is 32.6 Å². The summed E-state index contributed by atoms with van der Waals surface area (Å²) in [5.74, 6) is 0. The standard InChI is InChI=1S/C10H20O.C2H6O/c1-2-3-4-5-6-7-8-9-10-11;1-2-3/h5-6,11H,2-4,7-10H2,1H3;3H,2H2,1H3/b6-5+;. The molecule has 0 aromatic rings. The fraction of sp³-hybridized carbons (Fsp3) is 0.833. The summed E-state index contributed by atoms with van der Waals surface area (Å²) in [6, 6.07) is 0. The van der Waals surface area contributed by atoms with E-state index in [0.717, 1.165) is 19.3 Å². The van der Waals surface area contributed by atoms with Gasteiger partial charge in [0.1, 0.15) is 0 Å². The molecular formula is C12H26O2. The van der Waals surface area contributed by atoms with Crippen LogP contribution in [-0.4, -0.2) is 23.4 Å². The van der Waals surface area contributed by atoms with Gasteiger partial charge in [-0.3, -0.25) is 0 Å². The molecule has 0 heterocycles. The van der Waals surface area contributed by atoms with E-state index in [0.29, 0.717) is 6.61 Å². The van der Waals surface area contributed by atoms with Crippen LogP contribution in [-0.2, 0) is 0 Å². The molecule has 0 aliphatic carbocycles. The van der Waals surface area contributed by atoms with E-state index in [4.69, 9.17) is 10.2 Å². The highest BCUT2D eigenvalue weighted by Crippen LogP contribution is 1.99. The quantitative estimate of drug-likeness (QED) is 0.492. The van der Waals surface area contributed by atoms with E-state index < -0.39 is 0 Å². The minimum atomic E-state index is 0.250. The summed E-state index contributed by atoms with van der Waals surface area (Å²) in [6.07, 6.45) is 11.5. The van der Waals surface area contributed by atoms with E-state index in [1.165, 1.54) is 19.3 Å². The highest BCUT2D eigenvalue weighted by atomic mass is 16.3. The molecule has 14 heavy (non-hydrogen) atoms. The van der Waals surface area contributed by atoms with Gasteiger partial charge in [0.05, 0.1) is 0 Å². The number of unbranched alkanes of at least 4 members (excludes halogenated alkanes) is 4. The number of hydrogen-bond acceptors (Lipinski definition) is 2. The number of rotatable bonds is 7. The number of allylic oxidation sites excluding steroid dienone is 2. The summed E-state index contributed by atoms with van der Waals surface area (Å²) in [5, 5.41) is 16.1. The topological polar surface area (TPSA) is 40.5 Å². The normalized spacial score (nSPS) is 10.0. The Morgan fingerprint density at radius 2 is 1.36 bits per heavy atom. The van der Waals surface area contributed by atoms with Gasteiger partial charge in [-0.25, -0.2) is 0 Å². The number of aliphatic hydroxyl groups excluding tert-OH is 2. The molecule has 0 aliphatic heterocycles. The third-order valence-electron chi connectivity index (χ3n) is 1.67. The lowest BCUT2D eigenvalue weighted by atomic mass is 10.2. The van der Waals surface area contributed by atoms with Crippen LogP contribution in [0.1, 0.15) is 52.4 Å². The Bertz CT molecular complexity index is 100. The van der Waals surface area contributed by atoms with E-state index in [1.807, 2.05) is 0 Å². The van der Waals surface area contributed by atoms with Crippen molar-refractivity contribution in [3.8, 4) is 0 Å². The molecule has 2 N–H and O–H groups in total. The fourth-order valence-corrected chi connectivity index (χ4v) is 0.932. The summed E-state index contributed by atoms with van der Waals surface area (Å²) in [4.78, 5) is 0. The van der Waals surface area contributed by atoms with Crippen LogP contribution in [0.3, 0.4) is 0 Å². The molecule has 0 spiro atoms. The van der Waals surface area contributed by atoms with E-state index in [-0.39, 0.29) is 6.61 Å². The molecule has 0 saturated carbocycles. The van der Waals surface area contributed by atoms with E-state index >= 15 is 0 Å². The van der Waals surface area contributed by atoms with Crippen LogP contribution in [0.15, 0.2) is 12.2 Å². The van der Waals surface area contributed by atoms with Crippen LogP contribution >= 0.6 is 0 Å². The summed E-state index contributed by atoms with van der Waals surface area (Å²) < 4.78 is 0. The van der Waals surface area contributed by atoms with Crippen molar-refractivity contribution in [2.24, 2.45) is 0 Å². The zero-order valence-corrected chi connectivity index (χ0v) is 9.71. The van der Waals surface area contributed by atoms with Gasteiger partial charge in [-0.2, -0.15) is 0 Å². The zero-order chi connectivity index (χ0) is 11.1. The lowest BCUT2D eigenvalue weighted by Gasteiger charge is -1.91. The second kappa shape index (κ2) is 18.4. The molecule has 86 valence electrons. The third-order valence-corrected chi connectivity index (χ3v) is 1.67. The smallest absolute Gasteiger partial charge is 0.0431 e. The van der Waals surface area contributed by atoms with E-state index in [1.54, 1.807) is 6.92 Å². The fourth-order valence-electron chi connectivity index (χ4n) is 0.932. The Labute approximate surface area is 88.7 Å². The van der Waals surface area contributed by atoms with Crippen molar-refractivity contribution in [2.75, 3.05) is 13.2 Å². The van der Waals surface area contributed by atoms with Gasteiger partial charge in [0.15, 0.2) is 0 Å². The largest absolute Gasteiger partial charge is 0.397 e. The lowest BCUT2D eigenvalue weighted by molar-refractivity contribution is 0.285. The van der Waals surface area contributed by atoms with E-state index in [9.17, 15) is 0 Å². The first-order chi connectivity index (χ1) is 6.83. The number of hydrogen-bond donors (Lipinski definition) is 2. The molecule has 0 atom stereocenters. The van der Waals surface area contributed by atoms with Gasteiger partial charge < -0.3 is 10.2 Å². The summed E-state index contributed by atoms with van der Waals surface area (Å²) in [7, 11) is 0. The minimum Gasteiger partial charge on any atom is -0.397 e. The number of aliphatic hydroxyl groups is 2. The van der Waals surface area contributed by atoms with Gasteiger partial charge in [0, 0.05) is 13.2 Å². The molecule has 0 radical (unpaired) electrons. The Hall–Kier alpha value is -0.340. The summed E-state index contributed by atoms with van der Waals surface area (Å²) in [6.45, 7) is 4.47. The molecule has 2 nitrogen and oxygen atoms in total. The van der Waals surface area contributed by atoms with Crippen LogP contribution < -0.4 is 0 Å². The minimum absolute atomic E-state index is 0.250. The molecule has 0 rings (SSSR count). The first-order valence-corrected chi connectivity index (χ1v) is 5.70. The first kappa shape index (κ1) is 16.1. The van der Waals surface area contributed by atoms with Crippen molar-refractivity contribution >= 4 is 0 Å². The molecule has 0 unspecified atom stereocenters. The molecule has 0 amide bonds. The van der Waals surface area contributed by atoms with Crippen molar-refractivity contribution < 1.29 is 10.2 Å². The maximum atomic E-state index is 8.48. The van der Waals surface area contributed by atoms with Crippen LogP contribution in [0.5, 0.6) is 0 Å². The molecule has 0 bridgehead atoms. The Balaban J connectivity index is 0. The highest BCUT2D eigenvalue weighted by Gasteiger charge is 1.82. The molecule has 2 heteroatoms. The Morgan fingerprint density at radius 3 is 1.79 bits per heavy atom. The van der Waals surface area contributed by atoms with Crippen molar-refractivity contribution in [3.63, 3.8) is 0 Å². The first-order valence-electron chi connectivity index (χ1n) is 5.70. The summed E-state index contributed by atoms with van der Waals surface area (Å²) in [5.41, 5.74) is 0.